The number of amides is 1. The topological polar surface area (TPSA) is 55.1 Å². The summed E-state index contributed by atoms with van der Waals surface area (Å²) in [6, 6.07) is 7.17. The van der Waals surface area contributed by atoms with Crippen molar-refractivity contribution in [1.82, 2.24) is 0 Å². The van der Waals surface area contributed by atoms with Crippen LogP contribution in [0.5, 0.6) is 0 Å². The predicted molar refractivity (Wildman–Crippen MR) is 71.1 cm³/mol. The van der Waals surface area contributed by atoms with E-state index in [9.17, 15) is 4.79 Å². The second-order valence-corrected chi connectivity index (χ2v) is 5.22. The summed E-state index contributed by atoms with van der Waals surface area (Å²) in [6.07, 6.45) is 0. The van der Waals surface area contributed by atoms with Crippen LogP contribution < -0.4 is 11.1 Å². The van der Waals surface area contributed by atoms with Gasteiger partial charge in [0, 0.05) is 11.8 Å². The van der Waals surface area contributed by atoms with E-state index >= 15 is 0 Å². The van der Waals surface area contributed by atoms with Gasteiger partial charge in [0.1, 0.15) is 0 Å². The first-order chi connectivity index (χ1) is 7.63. The van der Waals surface area contributed by atoms with E-state index in [1.165, 1.54) is 11.8 Å². The maximum Gasteiger partial charge on any atom is 0.234 e. The van der Waals surface area contributed by atoms with Crippen molar-refractivity contribution in [3.63, 3.8) is 0 Å². The molecule has 0 radical (unpaired) electrons. The van der Waals surface area contributed by atoms with Gasteiger partial charge in [0.15, 0.2) is 0 Å². The molecule has 0 aliphatic carbocycles. The maximum atomic E-state index is 11.6. The van der Waals surface area contributed by atoms with E-state index in [2.05, 4.69) is 5.32 Å². The van der Waals surface area contributed by atoms with Gasteiger partial charge < -0.3 is 11.1 Å². The molecular weight excluding hydrogens is 244 g/mol. The largest absolute Gasteiger partial charge is 0.329 e. The number of nitrogens with two attached hydrogens (primary N) is 1. The zero-order valence-corrected chi connectivity index (χ0v) is 10.6. The van der Waals surface area contributed by atoms with Crippen LogP contribution in [0.4, 0.5) is 5.69 Å². The molecule has 1 atom stereocenters. The summed E-state index contributed by atoms with van der Waals surface area (Å²) in [5.41, 5.74) is 6.11. The molecule has 16 heavy (non-hydrogen) atoms. The standard InChI is InChI=1S/C11H15ClN2OS/c1-8(6-13)16-7-11(15)14-10-5-3-2-4-9(10)12/h2-5,8H,6-7,13H2,1H3,(H,14,15). The van der Waals surface area contributed by atoms with Crippen LogP contribution in [0.25, 0.3) is 0 Å². The predicted octanol–water partition coefficient (Wildman–Crippen LogP) is 2.36. The van der Waals surface area contributed by atoms with Crippen molar-refractivity contribution in [2.45, 2.75) is 12.2 Å². The molecule has 0 aliphatic rings. The zero-order valence-electron chi connectivity index (χ0n) is 9.07. The van der Waals surface area contributed by atoms with Gasteiger partial charge in [0.25, 0.3) is 0 Å². The maximum absolute atomic E-state index is 11.6. The van der Waals surface area contributed by atoms with Crippen LogP contribution in [0.15, 0.2) is 24.3 Å². The van der Waals surface area contributed by atoms with Gasteiger partial charge in [-0.2, -0.15) is 0 Å². The van der Waals surface area contributed by atoms with Gasteiger partial charge in [-0.25, -0.2) is 0 Å². The Bertz CT molecular complexity index is 360. The lowest BCUT2D eigenvalue weighted by atomic mass is 10.3. The lowest BCUT2D eigenvalue weighted by Gasteiger charge is -2.09. The van der Waals surface area contributed by atoms with E-state index in [0.717, 1.165) is 0 Å². The van der Waals surface area contributed by atoms with Crippen molar-refractivity contribution in [3.8, 4) is 0 Å². The number of hydrogen-bond acceptors (Lipinski definition) is 3. The molecule has 88 valence electrons. The summed E-state index contributed by atoms with van der Waals surface area (Å²) in [5.74, 6) is 0.335. The third kappa shape index (κ3) is 4.43. The third-order valence-corrected chi connectivity index (χ3v) is 3.50. The molecular formula is C11H15ClN2OS. The first kappa shape index (κ1) is 13.4. The number of anilines is 1. The summed E-state index contributed by atoms with van der Waals surface area (Å²) in [4.78, 5) is 11.6. The van der Waals surface area contributed by atoms with Gasteiger partial charge in [-0.05, 0) is 12.1 Å². The first-order valence-corrected chi connectivity index (χ1v) is 6.42. The summed E-state index contributed by atoms with van der Waals surface area (Å²) < 4.78 is 0. The summed E-state index contributed by atoms with van der Waals surface area (Å²) in [5, 5.41) is 3.59. The summed E-state index contributed by atoms with van der Waals surface area (Å²) in [6.45, 7) is 2.57. The Morgan fingerprint density at radius 3 is 2.88 bits per heavy atom. The number of carbonyl (C=O) groups is 1. The minimum atomic E-state index is -0.0570. The minimum absolute atomic E-state index is 0.0570. The van der Waals surface area contributed by atoms with Crippen LogP contribution >= 0.6 is 23.4 Å². The Balaban J connectivity index is 2.43. The summed E-state index contributed by atoms with van der Waals surface area (Å²) in [7, 11) is 0. The zero-order chi connectivity index (χ0) is 12.0. The molecule has 3 nitrogen and oxygen atoms in total. The van der Waals surface area contributed by atoms with Crippen molar-refractivity contribution in [1.29, 1.82) is 0 Å². The summed E-state index contributed by atoms with van der Waals surface area (Å²) >= 11 is 7.45. The fourth-order valence-corrected chi connectivity index (χ4v) is 1.86. The van der Waals surface area contributed by atoms with Crippen molar-refractivity contribution in [3.05, 3.63) is 29.3 Å². The van der Waals surface area contributed by atoms with Crippen LogP contribution in [0.1, 0.15) is 6.92 Å². The van der Waals surface area contributed by atoms with Gasteiger partial charge in [-0.15, -0.1) is 11.8 Å². The fraction of sp³-hybridized carbons (Fsp3) is 0.364. The highest BCUT2D eigenvalue weighted by atomic mass is 35.5. The Kier molecular flexibility index (Phi) is 5.66. The molecule has 0 aliphatic heterocycles. The highest BCUT2D eigenvalue weighted by Crippen LogP contribution is 2.20. The average Bonchev–Trinajstić information content (AvgIpc) is 2.29. The van der Waals surface area contributed by atoms with Crippen LogP contribution in [0.3, 0.4) is 0 Å². The molecule has 0 saturated heterocycles. The van der Waals surface area contributed by atoms with E-state index in [4.69, 9.17) is 17.3 Å². The molecule has 0 heterocycles. The number of para-hydroxylation sites is 1. The van der Waals surface area contributed by atoms with E-state index < -0.39 is 0 Å². The van der Waals surface area contributed by atoms with Crippen LogP contribution in [0, 0.1) is 0 Å². The Hall–Kier alpha value is -0.710. The first-order valence-electron chi connectivity index (χ1n) is 4.99. The molecule has 1 aromatic rings. The van der Waals surface area contributed by atoms with Gasteiger partial charge in [-0.3, -0.25) is 4.79 Å². The Morgan fingerprint density at radius 2 is 2.25 bits per heavy atom. The minimum Gasteiger partial charge on any atom is -0.329 e. The second-order valence-electron chi connectivity index (χ2n) is 3.39. The van der Waals surface area contributed by atoms with Crippen LogP contribution in [-0.4, -0.2) is 23.5 Å². The molecule has 1 rings (SSSR count). The van der Waals surface area contributed by atoms with Gasteiger partial charge in [0.05, 0.1) is 16.5 Å². The van der Waals surface area contributed by atoms with Crippen molar-refractivity contribution in [2.24, 2.45) is 5.73 Å². The van der Waals surface area contributed by atoms with Crippen LogP contribution in [-0.2, 0) is 4.79 Å². The van der Waals surface area contributed by atoms with E-state index in [-0.39, 0.29) is 11.2 Å². The monoisotopic (exact) mass is 258 g/mol. The van der Waals surface area contributed by atoms with Crippen molar-refractivity contribution in [2.75, 3.05) is 17.6 Å². The third-order valence-electron chi connectivity index (χ3n) is 1.98. The number of carbonyl (C=O) groups excluding carboxylic acids is 1. The average molecular weight is 259 g/mol. The lowest BCUT2D eigenvalue weighted by Crippen LogP contribution is -2.19. The molecule has 1 aromatic carbocycles. The molecule has 5 heteroatoms. The highest BCUT2D eigenvalue weighted by Gasteiger charge is 2.07. The van der Waals surface area contributed by atoms with E-state index in [0.29, 0.717) is 23.0 Å². The van der Waals surface area contributed by atoms with Crippen LogP contribution in [0.2, 0.25) is 5.02 Å². The number of benzene rings is 1. The highest BCUT2D eigenvalue weighted by molar-refractivity contribution is 8.00. The van der Waals surface area contributed by atoms with Gasteiger partial charge >= 0.3 is 0 Å². The second kappa shape index (κ2) is 6.78. The van der Waals surface area contributed by atoms with E-state index in [1.54, 1.807) is 12.1 Å². The molecule has 0 bridgehead atoms. The number of rotatable bonds is 5. The fourth-order valence-electron chi connectivity index (χ4n) is 1.03. The van der Waals surface area contributed by atoms with Crippen molar-refractivity contribution >= 4 is 35.0 Å². The molecule has 0 aromatic heterocycles. The van der Waals surface area contributed by atoms with Gasteiger partial charge in [0.2, 0.25) is 5.91 Å². The molecule has 0 saturated carbocycles. The lowest BCUT2D eigenvalue weighted by molar-refractivity contribution is -0.113. The Morgan fingerprint density at radius 1 is 1.56 bits per heavy atom. The van der Waals surface area contributed by atoms with Gasteiger partial charge in [-0.1, -0.05) is 30.7 Å². The van der Waals surface area contributed by atoms with Crippen molar-refractivity contribution < 1.29 is 4.79 Å². The smallest absolute Gasteiger partial charge is 0.234 e. The number of nitrogens with one attached hydrogen (secondary N) is 1. The molecule has 1 amide bonds. The normalized spacial score (nSPS) is 12.2. The molecule has 0 fully saturated rings. The molecule has 3 N–H and O–H groups in total. The van der Waals surface area contributed by atoms with E-state index in [1.807, 2.05) is 19.1 Å². The quantitative estimate of drug-likeness (QED) is 0.853. The number of hydrogen-bond donors (Lipinski definition) is 2. The molecule has 1 unspecified atom stereocenters. The molecule has 0 spiro atoms. The Labute approximate surface area is 105 Å². The number of halogens is 1. The number of thioether (sulfide) groups is 1. The SMILES string of the molecule is CC(CN)SCC(=O)Nc1ccccc1Cl.